The van der Waals surface area contributed by atoms with E-state index in [9.17, 15) is 0 Å². The van der Waals surface area contributed by atoms with Gasteiger partial charge in [-0.2, -0.15) is 0 Å². The van der Waals surface area contributed by atoms with E-state index < -0.39 is 0 Å². The summed E-state index contributed by atoms with van der Waals surface area (Å²) in [7, 11) is 2.29. The highest BCUT2D eigenvalue weighted by Crippen LogP contribution is 2.18. The van der Waals surface area contributed by atoms with Gasteiger partial charge in [-0.1, -0.05) is 0 Å². The minimum Gasteiger partial charge on any atom is -0.381 e. The summed E-state index contributed by atoms with van der Waals surface area (Å²) in [5, 5.41) is 3.43. The Morgan fingerprint density at radius 1 is 1.00 bits per heavy atom. The number of piperidine rings is 1. The predicted octanol–water partition coefficient (Wildman–Crippen LogP) is 1.34. The molecule has 2 heterocycles. The lowest BCUT2D eigenvalue weighted by Crippen LogP contribution is -2.37. The van der Waals surface area contributed by atoms with Crippen LogP contribution in [0, 0.1) is 11.8 Å². The zero-order chi connectivity index (χ0) is 11.2. The van der Waals surface area contributed by atoms with Gasteiger partial charge in [-0.05, 0) is 57.7 Å². The van der Waals surface area contributed by atoms with Gasteiger partial charge < -0.3 is 15.0 Å². The Hall–Kier alpha value is -0.120. The van der Waals surface area contributed by atoms with Crippen molar-refractivity contribution in [3.05, 3.63) is 0 Å². The molecule has 0 saturated carbocycles. The third-order valence-corrected chi connectivity index (χ3v) is 3.94. The molecule has 0 atom stereocenters. The fourth-order valence-corrected chi connectivity index (χ4v) is 2.95. The van der Waals surface area contributed by atoms with Crippen molar-refractivity contribution in [2.24, 2.45) is 11.8 Å². The van der Waals surface area contributed by atoms with Crippen molar-refractivity contribution in [2.45, 2.75) is 25.7 Å². The third kappa shape index (κ3) is 4.04. The van der Waals surface area contributed by atoms with Crippen LogP contribution in [-0.2, 0) is 4.74 Å². The number of nitrogens with zero attached hydrogens (tertiary/aromatic N) is 1. The molecule has 0 spiro atoms. The van der Waals surface area contributed by atoms with Gasteiger partial charge in [0.2, 0.25) is 0 Å². The Morgan fingerprint density at radius 3 is 2.19 bits per heavy atom. The van der Waals surface area contributed by atoms with E-state index in [0.717, 1.165) is 25.0 Å². The molecule has 2 fully saturated rings. The summed E-state index contributed by atoms with van der Waals surface area (Å²) in [5.74, 6) is 1.80. The van der Waals surface area contributed by atoms with E-state index in [1.165, 1.54) is 51.9 Å². The lowest BCUT2D eigenvalue weighted by Gasteiger charge is -2.31. The lowest BCUT2D eigenvalue weighted by molar-refractivity contribution is 0.0534. The monoisotopic (exact) mass is 226 g/mol. The zero-order valence-electron chi connectivity index (χ0n) is 10.6. The number of rotatable bonds is 4. The highest BCUT2D eigenvalue weighted by Gasteiger charge is 2.19. The van der Waals surface area contributed by atoms with E-state index in [-0.39, 0.29) is 0 Å². The van der Waals surface area contributed by atoms with Gasteiger partial charge in [0.15, 0.2) is 0 Å². The normalized spacial score (nSPS) is 25.1. The van der Waals surface area contributed by atoms with Crippen molar-refractivity contribution >= 4 is 0 Å². The molecule has 0 bridgehead atoms. The third-order valence-electron chi connectivity index (χ3n) is 3.94. The molecule has 2 aliphatic heterocycles. The Balaban J connectivity index is 1.64. The van der Waals surface area contributed by atoms with Crippen LogP contribution >= 0.6 is 0 Å². The van der Waals surface area contributed by atoms with Crippen LogP contribution in [0.1, 0.15) is 25.7 Å². The Bertz CT molecular complexity index is 166. The van der Waals surface area contributed by atoms with Crippen LogP contribution in [0.25, 0.3) is 0 Å². The Kier molecular flexibility index (Phi) is 5.07. The van der Waals surface area contributed by atoms with Crippen LogP contribution in [0.2, 0.25) is 0 Å². The van der Waals surface area contributed by atoms with Gasteiger partial charge in [-0.25, -0.2) is 0 Å². The SMILES string of the molecule is CN(CC1CCNCC1)CC1CCOCC1. The van der Waals surface area contributed by atoms with Gasteiger partial charge in [-0.15, -0.1) is 0 Å². The van der Waals surface area contributed by atoms with Gasteiger partial charge in [0, 0.05) is 26.3 Å². The van der Waals surface area contributed by atoms with Gasteiger partial charge in [-0.3, -0.25) is 0 Å². The summed E-state index contributed by atoms with van der Waals surface area (Å²) in [6, 6.07) is 0. The van der Waals surface area contributed by atoms with Crippen LogP contribution in [0.3, 0.4) is 0 Å². The van der Waals surface area contributed by atoms with Crippen LogP contribution in [-0.4, -0.2) is 51.3 Å². The molecule has 3 heteroatoms. The molecule has 1 N–H and O–H groups in total. The minimum absolute atomic E-state index is 0.875. The van der Waals surface area contributed by atoms with E-state index in [0.29, 0.717) is 0 Å². The highest BCUT2D eigenvalue weighted by atomic mass is 16.5. The molecule has 0 aliphatic carbocycles. The first-order valence-corrected chi connectivity index (χ1v) is 6.81. The number of nitrogens with one attached hydrogen (secondary N) is 1. The molecular weight excluding hydrogens is 200 g/mol. The maximum Gasteiger partial charge on any atom is 0.0469 e. The highest BCUT2D eigenvalue weighted by molar-refractivity contribution is 4.73. The predicted molar refractivity (Wildman–Crippen MR) is 66.6 cm³/mol. The average molecular weight is 226 g/mol. The van der Waals surface area contributed by atoms with E-state index in [1.807, 2.05) is 0 Å². The first-order valence-electron chi connectivity index (χ1n) is 6.81. The number of hydrogen-bond acceptors (Lipinski definition) is 3. The summed E-state index contributed by atoms with van der Waals surface area (Å²) >= 11 is 0. The molecule has 2 saturated heterocycles. The van der Waals surface area contributed by atoms with Crippen molar-refractivity contribution < 1.29 is 4.74 Å². The molecule has 0 radical (unpaired) electrons. The summed E-state index contributed by atoms with van der Waals surface area (Å²) in [6.45, 7) is 6.95. The lowest BCUT2D eigenvalue weighted by atomic mass is 9.96. The second-order valence-electron chi connectivity index (χ2n) is 5.47. The maximum absolute atomic E-state index is 5.40. The van der Waals surface area contributed by atoms with Gasteiger partial charge in [0.25, 0.3) is 0 Å². The van der Waals surface area contributed by atoms with Crippen LogP contribution in [0.15, 0.2) is 0 Å². The Morgan fingerprint density at radius 2 is 1.56 bits per heavy atom. The fourth-order valence-electron chi connectivity index (χ4n) is 2.95. The Labute approximate surface area is 99.5 Å². The maximum atomic E-state index is 5.40. The van der Waals surface area contributed by atoms with Crippen molar-refractivity contribution in [3.8, 4) is 0 Å². The first kappa shape index (κ1) is 12.3. The van der Waals surface area contributed by atoms with Gasteiger partial charge >= 0.3 is 0 Å². The van der Waals surface area contributed by atoms with Crippen molar-refractivity contribution in [1.82, 2.24) is 10.2 Å². The second-order valence-corrected chi connectivity index (χ2v) is 5.47. The molecule has 16 heavy (non-hydrogen) atoms. The molecule has 3 nitrogen and oxygen atoms in total. The average Bonchev–Trinajstić information content (AvgIpc) is 2.31. The van der Waals surface area contributed by atoms with Crippen LogP contribution < -0.4 is 5.32 Å². The fraction of sp³-hybridized carbons (Fsp3) is 1.00. The quantitative estimate of drug-likeness (QED) is 0.783. The van der Waals surface area contributed by atoms with E-state index in [4.69, 9.17) is 4.74 Å². The number of hydrogen-bond donors (Lipinski definition) is 1. The molecule has 0 amide bonds. The van der Waals surface area contributed by atoms with Crippen LogP contribution in [0.5, 0.6) is 0 Å². The van der Waals surface area contributed by atoms with Gasteiger partial charge in [0.05, 0.1) is 0 Å². The smallest absolute Gasteiger partial charge is 0.0469 e. The molecule has 2 aliphatic rings. The standard InChI is InChI=1S/C13H26N2O/c1-15(10-12-2-6-14-7-3-12)11-13-4-8-16-9-5-13/h12-14H,2-11H2,1H3. The largest absolute Gasteiger partial charge is 0.381 e. The minimum atomic E-state index is 0.875. The van der Waals surface area contributed by atoms with Crippen LogP contribution in [0.4, 0.5) is 0 Å². The summed E-state index contributed by atoms with van der Waals surface area (Å²) in [6.07, 6.45) is 5.24. The summed E-state index contributed by atoms with van der Waals surface area (Å²) < 4.78 is 5.40. The molecule has 0 aromatic heterocycles. The van der Waals surface area contributed by atoms with E-state index in [1.54, 1.807) is 0 Å². The van der Waals surface area contributed by atoms with Crippen molar-refractivity contribution in [3.63, 3.8) is 0 Å². The molecule has 0 aromatic carbocycles. The van der Waals surface area contributed by atoms with Gasteiger partial charge in [0.1, 0.15) is 0 Å². The first-order chi connectivity index (χ1) is 7.84. The topological polar surface area (TPSA) is 24.5 Å². The summed E-state index contributed by atoms with van der Waals surface area (Å²) in [5.41, 5.74) is 0. The second kappa shape index (κ2) is 6.58. The molecule has 2 rings (SSSR count). The molecule has 0 aromatic rings. The zero-order valence-corrected chi connectivity index (χ0v) is 10.6. The number of ether oxygens (including phenoxy) is 1. The molecular formula is C13H26N2O. The van der Waals surface area contributed by atoms with Crippen molar-refractivity contribution in [2.75, 3.05) is 46.4 Å². The molecule has 0 unspecified atom stereocenters. The van der Waals surface area contributed by atoms with E-state index >= 15 is 0 Å². The van der Waals surface area contributed by atoms with E-state index in [2.05, 4.69) is 17.3 Å². The molecule has 94 valence electrons. The van der Waals surface area contributed by atoms with Crippen molar-refractivity contribution in [1.29, 1.82) is 0 Å². The summed E-state index contributed by atoms with van der Waals surface area (Å²) in [4.78, 5) is 2.55.